The number of rotatable bonds is 6. The first-order valence-electron chi connectivity index (χ1n) is 31.5. The van der Waals surface area contributed by atoms with Gasteiger partial charge in [-0.3, -0.25) is 0 Å². The number of hydrogen-bond acceptors (Lipinski definition) is 2. The fourth-order valence-electron chi connectivity index (χ4n) is 14.7. The van der Waals surface area contributed by atoms with Crippen molar-refractivity contribution < 1.29 is 8.42 Å². The van der Waals surface area contributed by atoms with Gasteiger partial charge in [-0.1, -0.05) is 257 Å². The van der Waals surface area contributed by atoms with Gasteiger partial charge in [-0.25, -0.2) is 8.42 Å². The maximum atomic E-state index is 15.9. The molecule has 0 saturated carbocycles. The summed E-state index contributed by atoms with van der Waals surface area (Å²) in [6.07, 6.45) is 0. The Morgan fingerprint density at radius 3 is 0.707 bits per heavy atom. The topological polar surface area (TPSA) is 44.0 Å². The molecule has 0 saturated heterocycles. The van der Waals surface area contributed by atoms with Crippen molar-refractivity contribution in [3.63, 3.8) is 0 Å². The van der Waals surface area contributed by atoms with Gasteiger partial charge in [0.25, 0.3) is 0 Å². The summed E-state index contributed by atoms with van der Waals surface area (Å²) in [6, 6.07) is 117. The molecule has 0 N–H and O–H groups in total. The molecular weight excluding hydrogens is 1140 g/mol. The van der Waals surface area contributed by atoms with Gasteiger partial charge in [0.2, 0.25) is 9.84 Å². The van der Waals surface area contributed by atoms with Crippen LogP contribution in [-0.2, 0) is 15.3 Å². The van der Waals surface area contributed by atoms with Crippen LogP contribution in [0, 0.1) is 0 Å². The Morgan fingerprint density at radius 2 is 0.457 bits per heavy atom. The Labute approximate surface area is 534 Å². The van der Waals surface area contributed by atoms with Gasteiger partial charge >= 0.3 is 0 Å². The van der Waals surface area contributed by atoms with Crippen LogP contribution in [0.3, 0.4) is 0 Å². The summed E-state index contributed by atoms with van der Waals surface area (Å²) in [5.41, 5.74) is 15.0. The third-order valence-corrected chi connectivity index (χ3v) is 21.1. The molecule has 0 unspecified atom stereocenters. The second-order valence-electron chi connectivity index (χ2n) is 24.7. The lowest BCUT2D eigenvalue weighted by molar-refractivity contribution is 0.555. The molecular formula is C87H60N2O2S. The Bertz CT molecular complexity index is 5310. The maximum absolute atomic E-state index is 15.9. The van der Waals surface area contributed by atoms with Gasteiger partial charge in [0, 0.05) is 38.3 Å². The first-order chi connectivity index (χ1) is 45.2. The third-order valence-electron chi connectivity index (χ3n) is 19.2. The van der Waals surface area contributed by atoms with Gasteiger partial charge in [0.1, 0.15) is 0 Å². The first kappa shape index (κ1) is 54.8. The average molecular weight is 1200 g/mol. The predicted octanol–water partition coefficient (Wildman–Crippen LogP) is 22.9. The highest BCUT2D eigenvalue weighted by molar-refractivity contribution is 7.91. The summed E-state index contributed by atoms with van der Waals surface area (Å²) in [5.74, 6) is 0. The van der Waals surface area contributed by atoms with E-state index < -0.39 is 15.3 Å². The van der Waals surface area contributed by atoms with Gasteiger partial charge in [0.05, 0.1) is 31.9 Å². The molecule has 0 fully saturated rings. The third kappa shape index (κ3) is 8.91. The fraction of sp³-hybridized carbons (Fsp3) is 0.0345. The standard InChI is InChI=1S/C87H60N2O2S/c1-87(2)79-55-65(88-81-45-39-61(57-23-7-3-8-24-57)51-75(81)71-35-19-15-31-67(71)68-32-16-20-36-72(68)76-52-62(40-46-82(76)88)58-25-9-4-10-26-58)43-49-85(79)92(90,91)86-50-44-66(56-80(86)87)89-83-47-41-63(59-27-11-5-12-28-59)53-77(83)73-37-21-17-33-69(73)70-34-18-22-38-74(70)78-54-64(42-48-84(78)89)60-29-13-6-14-30-60/h3-56H,1-2H3. The Balaban J connectivity index is 0.965. The second kappa shape index (κ2) is 21.7. The molecule has 4 nitrogen and oxygen atoms in total. The lowest BCUT2D eigenvalue weighted by atomic mass is 9.77. The molecule has 92 heavy (non-hydrogen) atoms. The van der Waals surface area contributed by atoms with Crippen molar-refractivity contribution in [1.29, 1.82) is 0 Å². The van der Waals surface area contributed by atoms with Crippen LogP contribution in [0.5, 0.6) is 0 Å². The van der Waals surface area contributed by atoms with Crippen LogP contribution < -0.4 is 0 Å². The molecule has 2 aromatic heterocycles. The van der Waals surface area contributed by atoms with Crippen molar-refractivity contribution >= 4 is 96.5 Å². The van der Waals surface area contributed by atoms with E-state index in [0.717, 1.165) is 154 Å². The monoisotopic (exact) mass is 1200 g/mol. The molecule has 0 bridgehead atoms. The van der Waals surface area contributed by atoms with Crippen LogP contribution in [0.25, 0.3) is 143 Å². The van der Waals surface area contributed by atoms with E-state index in [4.69, 9.17) is 0 Å². The van der Waals surface area contributed by atoms with E-state index >= 15 is 8.42 Å². The fourth-order valence-corrected chi connectivity index (χ4v) is 16.6. The zero-order chi connectivity index (χ0) is 61.7. The van der Waals surface area contributed by atoms with Crippen molar-refractivity contribution in [2.24, 2.45) is 0 Å². The highest BCUT2D eigenvalue weighted by Crippen LogP contribution is 2.49. The van der Waals surface area contributed by atoms with Crippen molar-refractivity contribution in [3.8, 4) is 55.9 Å². The molecule has 1 aliphatic heterocycles. The molecule has 0 spiro atoms. The van der Waals surface area contributed by atoms with E-state index in [1.807, 2.05) is 24.3 Å². The van der Waals surface area contributed by atoms with E-state index in [1.165, 1.54) is 0 Å². The zero-order valence-electron chi connectivity index (χ0n) is 50.8. The zero-order valence-corrected chi connectivity index (χ0v) is 51.6. The number of benzene rings is 14. The average Bonchev–Trinajstić information content (AvgIpc) is 1.10. The predicted molar refractivity (Wildman–Crippen MR) is 386 cm³/mol. The van der Waals surface area contributed by atoms with E-state index in [0.29, 0.717) is 9.79 Å². The molecule has 14 aromatic carbocycles. The van der Waals surface area contributed by atoms with E-state index in [2.05, 4.69) is 326 Å². The molecule has 0 radical (unpaired) electrons. The minimum atomic E-state index is -4.09. The molecule has 5 heteroatoms. The number of fused-ring (bicyclic) bond motifs is 16. The largest absolute Gasteiger partial charge is 0.309 e. The van der Waals surface area contributed by atoms with Gasteiger partial charge < -0.3 is 9.13 Å². The number of hydrogen-bond donors (Lipinski definition) is 0. The summed E-state index contributed by atoms with van der Waals surface area (Å²) in [6.45, 7) is 4.40. The summed E-state index contributed by atoms with van der Waals surface area (Å²) < 4.78 is 36.5. The first-order valence-corrected chi connectivity index (χ1v) is 32.9. The van der Waals surface area contributed by atoms with Crippen molar-refractivity contribution in [1.82, 2.24) is 9.13 Å². The van der Waals surface area contributed by atoms with Gasteiger partial charge in [-0.05, 0) is 184 Å². The van der Waals surface area contributed by atoms with E-state index in [1.54, 1.807) is 0 Å². The van der Waals surface area contributed by atoms with Crippen molar-refractivity contribution in [2.45, 2.75) is 29.1 Å². The molecule has 0 amide bonds. The SMILES string of the molecule is CC1(C)c2cc(-n3c4ccc(-c5ccccc5)cc4c4ccccc4c4ccccc4c4cc(-c5ccccc5)ccc43)ccc2S(=O)(=O)c2ccc(-n3c4ccc(-c5ccccc5)cc4c4ccccc4c4ccccc4c4cc(-c5ccccc5)ccc43)cc21. The lowest BCUT2D eigenvalue weighted by Gasteiger charge is -2.35. The van der Waals surface area contributed by atoms with Crippen LogP contribution in [0.4, 0.5) is 0 Å². The summed E-state index contributed by atoms with van der Waals surface area (Å²) in [5, 5.41) is 13.1. The second-order valence-corrected chi connectivity index (χ2v) is 26.6. The molecule has 0 atom stereocenters. The van der Waals surface area contributed by atoms with Crippen molar-refractivity contribution in [2.75, 3.05) is 0 Å². The number of aromatic nitrogens is 2. The Hall–Kier alpha value is -11.4. The minimum Gasteiger partial charge on any atom is -0.309 e. The van der Waals surface area contributed by atoms with Crippen LogP contribution in [0.1, 0.15) is 25.0 Å². The Morgan fingerprint density at radius 1 is 0.228 bits per heavy atom. The van der Waals surface area contributed by atoms with E-state index in [-0.39, 0.29) is 0 Å². The molecule has 16 aromatic rings. The van der Waals surface area contributed by atoms with Crippen molar-refractivity contribution in [3.05, 3.63) is 339 Å². The number of sulfone groups is 1. The molecule has 17 rings (SSSR count). The van der Waals surface area contributed by atoms with Crippen LogP contribution in [-0.4, -0.2) is 17.6 Å². The van der Waals surface area contributed by atoms with E-state index in [9.17, 15) is 0 Å². The summed E-state index contributed by atoms with van der Waals surface area (Å²) in [7, 11) is -4.09. The normalized spacial score (nSPS) is 13.2. The molecule has 0 aliphatic carbocycles. The highest BCUT2D eigenvalue weighted by Gasteiger charge is 2.41. The smallest absolute Gasteiger partial charge is 0.207 e. The summed E-state index contributed by atoms with van der Waals surface area (Å²) >= 11 is 0. The molecule has 1 aliphatic rings. The van der Waals surface area contributed by atoms with Crippen LogP contribution in [0.2, 0.25) is 0 Å². The lowest BCUT2D eigenvalue weighted by Crippen LogP contribution is -2.30. The van der Waals surface area contributed by atoms with Crippen LogP contribution >= 0.6 is 0 Å². The molecule has 436 valence electrons. The van der Waals surface area contributed by atoms with Gasteiger partial charge in [-0.15, -0.1) is 0 Å². The van der Waals surface area contributed by atoms with Gasteiger partial charge in [0.15, 0.2) is 0 Å². The summed E-state index contributed by atoms with van der Waals surface area (Å²) in [4.78, 5) is 0.610. The Kier molecular flexibility index (Phi) is 12.9. The van der Waals surface area contributed by atoms with Crippen LogP contribution in [0.15, 0.2) is 337 Å². The minimum absolute atomic E-state index is 0.305. The quantitative estimate of drug-likeness (QED) is 0.167. The van der Waals surface area contributed by atoms with Gasteiger partial charge in [-0.2, -0.15) is 0 Å². The maximum Gasteiger partial charge on any atom is 0.207 e. The molecule has 3 heterocycles. The highest BCUT2D eigenvalue weighted by atomic mass is 32.2. The number of nitrogens with zero attached hydrogens (tertiary/aromatic N) is 2.